The Morgan fingerprint density at radius 1 is 1.26 bits per heavy atom. The van der Waals surface area contributed by atoms with Crippen LogP contribution in [0.4, 0.5) is 0 Å². The van der Waals surface area contributed by atoms with Crippen molar-refractivity contribution in [1.29, 1.82) is 0 Å². The highest BCUT2D eigenvalue weighted by atomic mass is 35.5. The maximum absolute atomic E-state index is 12.1. The summed E-state index contributed by atoms with van der Waals surface area (Å²) in [6.07, 6.45) is 4.02. The van der Waals surface area contributed by atoms with Crippen LogP contribution in [0.25, 0.3) is 0 Å². The van der Waals surface area contributed by atoms with E-state index in [-0.39, 0.29) is 23.3 Å². The van der Waals surface area contributed by atoms with Crippen LogP contribution < -0.4 is 5.32 Å². The van der Waals surface area contributed by atoms with Crippen molar-refractivity contribution < 1.29 is 15.0 Å². The van der Waals surface area contributed by atoms with E-state index in [2.05, 4.69) is 5.32 Å². The fraction of sp³-hybridized carbons (Fsp3) is 0.500. The highest BCUT2D eigenvalue weighted by molar-refractivity contribution is 6.33. The number of amides is 1. The van der Waals surface area contributed by atoms with Gasteiger partial charge in [-0.15, -0.1) is 0 Å². The van der Waals surface area contributed by atoms with Gasteiger partial charge >= 0.3 is 0 Å². The smallest absolute Gasteiger partial charge is 0.253 e. The molecule has 1 saturated carbocycles. The summed E-state index contributed by atoms with van der Waals surface area (Å²) in [5, 5.41) is 22.5. The first-order valence-corrected chi connectivity index (χ1v) is 6.93. The minimum absolute atomic E-state index is 0.00374. The van der Waals surface area contributed by atoms with Crippen LogP contribution in [-0.4, -0.2) is 28.3 Å². The lowest BCUT2D eigenvalue weighted by Gasteiger charge is -2.22. The number of aliphatic hydroxyl groups is 1. The average molecular weight is 284 g/mol. The van der Waals surface area contributed by atoms with Gasteiger partial charge in [0.1, 0.15) is 5.75 Å². The molecule has 1 aromatic rings. The van der Waals surface area contributed by atoms with Gasteiger partial charge in [0.15, 0.2) is 0 Å². The lowest BCUT2D eigenvalue weighted by Crippen LogP contribution is -2.42. The summed E-state index contributed by atoms with van der Waals surface area (Å²) in [6, 6.07) is 4.00. The number of aromatic hydroxyl groups is 1. The van der Waals surface area contributed by atoms with Crippen molar-refractivity contribution in [3.8, 4) is 5.75 Å². The van der Waals surface area contributed by atoms with Crippen LogP contribution in [0.3, 0.4) is 0 Å². The SMILES string of the molecule is O=C(NC1CCCCCC1O)c1cc(O)ccc1Cl. The molecule has 0 aromatic heterocycles. The van der Waals surface area contributed by atoms with Crippen LogP contribution >= 0.6 is 11.6 Å². The minimum Gasteiger partial charge on any atom is -0.508 e. The highest BCUT2D eigenvalue weighted by Crippen LogP contribution is 2.23. The van der Waals surface area contributed by atoms with Crippen molar-refractivity contribution >= 4 is 17.5 Å². The van der Waals surface area contributed by atoms with Crippen LogP contribution in [0, 0.1) is 0 Å². The zero-order chi connectivity index (χ0) is 13.8. The lowest BCUT2D eigenvalue weighted by atomic mass is 10.1. The molecule has 1 aliphatic rings. The number of halogens is 1. The number of carbonyl (C=O) groups is 1. The molecule has 1 fully saturated rings. The predicted molar refractivity (Wildman–Crippen MR) is 73.5 cm³/mol. The predicted octanol–water partition coefficient (Wildman–Crippen LogP) is 2.47. The highest BCUT2D eigenvalue weighted by Gasteiger charge is 2.24. The summed E-state index contributed by atoms with van der Waals surface area (Å²) in [5.74, 6) is -0.359. The van der Waals surface area contributed by atoms with E-state index in [1.165, 1.54) is 18.2 Å². The molecule has 1 aliphatic carbocycles. The molecule has 19 heavy (non-hydrogen) atoms. The van der Waals surface area contributed by atoms with Gasteiger partial charge in [-0.05, 0) is 31.0 Å². The number of phenolic OH excluding ortho intramolecular Hbond substituents is 1. The van der Waals surface area contributed by atoms with Crippen LogP contribution in [0.15, 0.2) is 18.2 Å². The Kier molecular flexibility index (Phi) is 4.66. The van der Waals surface area contributed by atoms with Gasteiger partial charge in [-0.25, -0.2) is 0 Å². The maximum atomic E-state index is 12.1. The number of aliphatic hydroxyl groups excluding tert-OH is 1. The number of hydrogen-bond donors (Lipinski definition) is 3. The third-order valence-electron chi connectivity index (χ3n) is 3.49. The monoisotopic (exact) mass is 283 g/mol. The molecule has 2 rings (SSSR count). The number of rotatable bonds is 2. The Morgan fingerprint density at radius 2 is 2.00 bits per heavy atom. The molecule has 0 bridgehead atoms. The molecule has 0 radical (unpaired) electrons. The topological polar surface area (TPSA) is 69.6 Å². The van der Waals surface area contributed by atoms with E-state index >= 15 is 0 Å². The lowest BCUT2D eigenvalue weighted by molar-refractivity contribution is 0.0818. The van der Waals surface area contributed by atoms with E-state index < -0.39 is 6.10 Å². The van der Waals surface area contributed by atoms with Gasteiger partial charge in [0, 0.05) is 0 Å². The fourth-order valence-corrected chi connectivity index (χ4v) is 2.59. The Bertz CT molecular complexity index is 464. The van der Waals surface area contributed by atoms with Gasteiger partial charge < -0.3 is 15.5 Å². The number of benzene rings is 1. The molecular weight excluding hydrogens is 266 g/mol. The molecule has 1 amide bonds. The van der Waals surface area contributed by atoms with Crippen molar-refractivity contribution in [3.63, 3.8) is 0 Å². The van der Waals surface area contributed by atoms with Crippen LogP contribution in [0.5, 0.6) is 5.75 Å². The molecule has 0 spiro atoms. The molecular formula is C14H18ClNO3. The second-order valence-corrected chi connectivity index (χ2v) is 5.36. The molecule has 4 nitrogen and oxygen atoms in total. The van der Waals surface area contributed by atoms with E-state index in [9.17, 15) is 15.0 Å². The first kappa shape index (κ1) is 14.2. The van der Waals surface area contributed by atoms with E-state index in [4.69, 9.17) is 11.6 Å². The van der Waals surface area contributed by atoms with Crippen molar-refractivity contribution in [2.24, 2.45) is 0 Å². The van der Waals surface area contributed by atoms with E-state index in [1.807, 2.05) is 0 Å². The Morgan fingerprint density at radius 3 is 2.79 bits per heavy atom. The molecule has 5 heteroatoms. The maximum Gasteiger partial charge on any atom is 0.253 e. The third kappa shape index (κ3) is 3.61. The van der Waals surface area contributed by atoms with Gasteiger partial charge in [0.25, 0.3) is 5.91 Å². The minimum atomic E-state index is -0.512. The number of carbonyl (C=O) groups excluding carboxylic acids is 1. The molecule has 1 aromatic carbocycles. The van der Waals surface area contributed by atoms with Gasteiger partial charge in [-0.2, -0.15) is 0 Å². The normalized spacial score (nSPS) is 23.7. The van der Waals surface area contributed by atoms with Crippen molar-refractivity contribution in [1.82, 2.24) is 5.32 Å². The third-order valence-corrected chi connectivity index (χ3v) is 3.82. The summed E-state index contributed by atoms with van der Waals surface area (Å²) >= 11 is 5.94. The molecule has 3 N–H and O–H groups in total. The first-order valence-electron chi connectivity index (χ1n) is 6.55. The van der Waals surface area contributed by atoms with Gasteiger partial charge in [0.05, 0.1) is 22.7 Å². The summed E-state index contributed by atoms with van der Waals surface area (Å²) in [5.41, 5.74) is 0.234. The van der Waals surface area contributed by atoms with Gasteiger partial charge in [-0.1, -0.05) is 30.9 Å². The molecule has 2 unspecified atom stereocenters. The molecule has 0 saturated heterocycles. The Hall–Kier alpha value is -1.26. The van der Waals surface area contributed by atoms with Crippen molar-refractivity contribution in [2.75, 3.05) is 0 Å². The second kappa shape index (κ2) is 6.26. The summed E-state index contributed by atoms with van der Waals surface area (Å²) in [6.45, 7) is 0. The molecule has 0 heterocycles. The van der Waals surface area contributed by atoms with Gasteiger partial charge in [0.2, 0.25) is 0 Å². The van der Waals surface area contributed by atoms with Crippen LogP contribution in [-0.2, 0) is 0 Å². The Labute approximate surface area is 117 Å². The summed E-state index contributed by atoms with van der Waals surface area (Å²) in [4.78, 5) is 12.1. The van der Waals surface area contributed by atoms with Crippen LogP contribution in [0.2, 0.25) is 5.02 Å². The summed E-state index contributed by atoms with van der Waals surface area (Å²) in [7, 11) is 0. The number of nitrogens with one attached hydrogen (secondary N) is 1. The largest absolute Gasteiger partial charge is 0.508 e. The van der Waals surface area contributed by atoms with E-state index in [0.29, 0.717) is 11.4 Å². The molecule has 104 valence electrons. The Balaban J connectivity index is 2.09. The zero-order valence-electron chi connectivity index (χ0n) is 10.6. The standard InChI is InChI=1S/C14H18ClNO3/c15-11-7-6-9(17)8-10(11)14(19)16-12-4-2-1-3-5-13(12)18/h6-8,12-13,17-18H,1-5H2,(H,16,19). The average Bonchev–Trinajstić information content (AvgIpc) is 2.58. The molecule has 0 aliphatic heterocycles. The first-order chi connectivity index (χ1) is 9.08. The quantitative estimate of drug-likeness (QED) is 0.730. The second-order valence-electron chi connectivity index (χ2n) is 4.95. The number of hydrogen-bond acceptors (Lipinski definition) is 3. The van der Waals surface area contributed by atoms with Crippen LogP contribution in [0.1, 0.15) is 42.5 Å². The van der Waals surface area contributed by atoms with E-state index in [0.717, 1.165) is 25.7 Å². The fourth-order valence-electron chi connectivity index (χ4n) is 2.39. The number of phenols is 1. The van der Waals surface area contributed by atoms with Gasteiger partial charge in [-0.3, -0.25) is 4.79 Å². The zero-order valence-corrected chi connectivity index (χ0v) is 11.4. The molecule has 2 atom stereocenters. The van der Waals surface area contributed by atoms with E-state index in [1.54, 1.807) is 0 Å². The van der Waals surface area contributed by atoms with Crippen molar-refractivity contribution in [3.05, 3.63) is 28.8 Å². The summed E-state index contributed by atoms with van der Waals surface area (Å²) < 4.78 is 0. The van der Waals surface area contributed by atoms with Crippen molar-refractivity contribution in [2.45, 2.75) is 44.2 Å².